The van der Waals surface area contributed by atoms with Gasteiger partial charge in [-0.05, 0) is 29.3 Å². The first-order chi connectivity index (χ1) is 5.34. The molecule has 1 nitrogen and oxygen atoms in total. The van der Waals surface area contributed by atoms with Gasteiger partial charge in [-0.3, -0.25) is 0 Å². The second-order valence-corrected chi connectivity index (χ2v) is 5.96. The molecule has 0 bridgehead atoms. The molecule has 0 saturated carbocycles. The highest BCUT2D eigenvalue weighted by Crippen LogP contribution is 2.40. The smallest absolute Gasteiger partial charge is 0.0619 e. The zero-order valence-corrected chi connectivity index (χ0v) is 8.67. The predicted octanol–water partition coefficient (Wildman–Crippen LogP) is 3.67. The second-order valence-electron chi connectivity index (χ2n) is 2.02. The molecule has 0 radical (unpaired) electrons. The van der Waals surface area contributed by atoms with Gasteiger partial charge in [-0.2, -0.15) is 0 Å². The summed E-state index contributed by atoms with van der Waals surface area (Å²) in [6.45, 7) is 2.05. The second kappa shape index (κ2) is 4.81. The molecule has 0 saturated heterocycles. The highest BCUT2D eigenvalue weighted by molar-refractivity contribution is 8.94. The highest BCUT2D eigenvalue weighted by Gasteiger charge is 2.01. The molecule has 58 valence electrons. The van der Waals surface area contributed by atoms with Crippen LogP contribution in [0.4, 0.5) is 0 Å². The first-order valence-corrected chi connectivity index (χ1v) is 6.89. The van der Waals surface area contributed by atoms with Gasteiger partial charge >= 0.3 is 7.66 Å². The van der Waals surface area contributed by atoms with Crippen molar-refractivity contribution in [1.82, 2.24) is 0 Å². The van der Waals surface area contributed by atoms with Crippen LogP contribution in [0.3, 0.4) is 0 Å². The van der Waals surface area contributed by atoms with E-state index >= 15 is 0 Å². The third-order valence-corrected chi connectivity index (χ3v) is 4.40. The Morgan fingerprint density at radius 3 is 2.73 bits per heavy atom. The van der Waals surface area contributed by atoms with Gasteiger partial charge in [-0.1, -0.05) is 22.8 Å². The van der Waals surface area contributed by atoms with E-state index in [1.165, 1.54) is 20.9 Å². The zero-order valence-electron chi connectivity index (χ0n) is 6.03. The molecule has 0 fully saturated rings. The minimum Gasteiger partial charge on any atom is -0.0619 e. The Kier molecular flexibility index (Phi) is 3.98. The molecule has 1 unspecified atom stereocenters. The zero-order chi connectivity index (χ0) is 8.10. The van der Waals surface area contributed by atoms with E-state index in [4.69, 9.17) is 0 Å². The Balaban J connectivity index is 2.69. The van der Waals surface area contributed by atoms with Gasteiger partial charge in [-0.25, -0.2) is 0 Å². The first kappa shape index (κ1) is 9.11. The summed E-state index contributed by atoms with van der Waals surface area (Å²) in [5, 5.41) is 0. The molecular weight excluding hydrogens is 195 g/mol. The molecule has 0 aliphatic rings. The van der Waals surface area contributed by atoms with Crippen LogP contribution in [0, 0.1) is 6.92 Å². The fourth-order valence-electron chi connectivity index (χ4n) is 0.712. The lowest BCUT2D eigenvalue weighted by Gasteiger charge is -1.96. The molecule has 0 amide bonds. The van der Waals surface area contributed by atoms with Crippen molar-refractivity contribution >= 4 is 28.9 Å². The van der Waals surface area contributed by atoms with Gasteiger partial charge in [0, 0.05) is 4.90 Å². The number of rotatable bonds is 3. The number of aryl methyl sites for hydroxylation is 1. The average Bonchev–Trinajstić information content (AvgIpc) is 2.03. The minimum atomic E-state index is -0.291. The minimum absolute atomic E-state index is 0.291. The molecule has 1 rings (SSSR count). The molecule has 0 N–H and O–H groups in total. The van der Waals surface area contributed by atoms with Gasteiger partial charge in [0.2, 0.25) is 0 Å². The maximum absolute atomic E-state index is 10.2. The van der Waals surface area contributed by atoms with E-state index in [0.29, 0.717) is 0 Å². The molecule has 1 aromatic rings. The Labute approximate surface area is 75.3 Å². The van der Waals surface area contributed by atoms with Crippen LogP contribution in [0.5, 0.6) is 0 Å². The molecule has 1 aromatic carbocycles. The van der Waals surface area contributed by atoms with Crippen LogP contribution in [0.25, 0.3) is 0 Å². The van der Waals surface area contributed by atoms with Gasteiger partial charge < -0.3 is 0 Å². The van der Waals surface area contributed by atoms with Crippen molar-refractivity contribution in [3.63, 3.8) is 0 Å². The van der Waals surface area contributed by atoms with E-state index < -0.39 is 0 Å². The molecule has 0 heterocycles. The SMILES string of the molecule is Cc1ccccc1SS[PH+]=O. The van der Waals surface area contributed by atoms with Gasteiger partial charge in [-0.15, -0.1) is 0 Å². The number of benzene rings is 1. The summed E-state index contributed by atoms with van der Waals surface area (Å²) in [6, 6.07) is 8.08. The third-order valence-electron chi connectivity index (χ3n) is 1.26. The summed E-state index contributed by atoms with van der Waals surface area (Å²) in [7, 11) is 2.64. The van der Waals surface area contributed by atoms with E-state index in [-0.39, 0.29) is 7.66 Å². The summed E-state index contributed by atoms with van der Waals surface area (Å²) in [6.07, 6.45) is 0. The van der Waals surface area contributed by atoms with Gasteiger partial charge in [0.15, 0.2) is 10.4 Å². The lowest BCUT2D eigenvalue weighted by Crippen LogP contribution is -1.73. The quantitative estimate of drug-likeness (QED) is 0.551. The molecule has 1 atom stereocenters. The lowest BCUT2D eigenvalue weighted by molar-refractivity contribution is 0.605. The Bertz CT molecular complexity index is 252. The Hall–Kier alpha value is 0.0200. The van der Waals surface area contributed by atoms with Crippen LogP contribution in [-0.2, 0) is 4.57 Å². The normalized spacial score (nSPS) is 10.3. The predicted molar refractivity (Wildman–Crippen MR) is 53.6 cm³/mol. The fourth-order valence-corrected chi connectivity index (χ4v) is 3.22. The monoisotopic (exact) mass is 203 g/mol. The van der Waals surface area contributed by atoms with E-state index in [0.717, 1.165) is 0 Å². The summed E-state index contributed by atoms with van der Waals surface area (Å²) >= 11 is 0. The van der Waals surface area contributed by atoms with E-state index in [1.807, 2.05) is 18.2 Å². The molecule has 0 spiro atoms. The van der Waals surface area contributed by atoms with Crippen molar-refractivity contribution in [3.8, 4) is 0 Å². The van der Waals surface area contributed by atoms with E-state index in [1.54, 1.807) is 10.8 Å². The molecule has 11 heavy (non-hydrogen) atoms. The molecule has 0 aliphatic carbocycles. The van der Waals surface area contributed by atoms with Gasteiger partial charge in [0.25, 0.3) is 0 Å². The summed E-state index contributed by atoms with van der Waals surface area (Å²) in [5.41, 5.74) is 1.24. The average molecular weight is 203 g/mol. The summed E-state index contributed by atoms with van der Waals surface area (Å²) < 4.78 is 10.2. The Morgan fingerprint density at radius 2 is 2.09 bits per heavy atom. The summed E-state index contributed by atoms with van der Waals surface area (Å²) in [5.74, 6) is 0. The first-order valence-electron chi connectivity index (χ1n) is 3.11. The fraction of sp³-hybridized carbons (Fsp3) is 0.143. The van der Waals surface area contributed by atoms with Crippen LogP contribution >= 0.6 is 28.9 Å². The molecule has 0 aliphatic heterocycles. The van der Waals surface area contributed by atoms with Crippen LogP contribution < -0.4 is 0 Å². The topological polar surface area (TPSA) is 17.1 Å². The van der Waals surface area contributed by atoms with Crippen molar-refractivity contribution in [2.24, 2.45) is 0 Å². The molecule has 4 heteroatoms. The highest BCUT2D eigenvalue weighted by atomic mass is 33.3. The van der Waals surface area contributed by atoms with Crippen LogP contribution in [0.15, 0.2) is 29.2 Å². The van der Waals surface area contributed by atoms with Crippen LogP contribution in [0.1, 0.15) is 5.56 Å². The van der Waals surface area contributed by atoms with Gasteiger partial charge in [0.05, 0.1) is 0 Å². The van der Waals surface area contributed by atoms with Gasteiger partial charge in [0.1, 0.15) is 0 Å². The van der Waals surface area contributed by atoms with E-state index in [2.05, 4.69) is 13.0 Å². The maximum Gasteiger partial charge on any atom is 0.408 e. The van der Waals surface area contributed by atoms with Crippen molar-refractivity contribution in [3.05, 3.63) is 29.8 Å². The molecular formula is C7H8OPS2+. The van der Waals surface area contributed by atoms with E-state index in [9.17, 15) is 4.57 Å². The number of hydrogen-bond acceptors (Lipinski definition) is 3. The van der Waals surface area contributed by atoms with Crippen LogP contribution in [0.2, 0.25) is 0 Å². The number of hydrogen-bond donors (Lipinski definition) is 0. The van der Waals surface area contributed by atoms with Crippen molar-refractivity contribution in [2.45, 2.75) is 11.8 Å². The van der Waals surface area contributed by atoms with Crippen molar-refractivity contribution in [1.29, 1.82) is 0 Å². The standard InChI is InChI=1S/C7H7OPS2/c1-6-4-2-3-5-7(6)10-11-9-8/h2-5H,1H3/p+1. The van der Waals surface area contributed by atoms with Crippen molar-refractivity contribution < 1.29 is 4.57 Å². The van der Waals surface area contributed by atoms with Crippen LogP contribution in [-0.4, -0.2) is 0 Å². The lowest BCUT2D eigenvalue weighted by atomic mass is 10.2. The largest absolute Gasteiger partial charge is 0.408 e. The third kappa shape index (κ3) is 2.86. The maximum atomic E-state index is 10.2. The van der Waals surface area contributed by atoms with Crippen molar-refractivity contribution in [2.75, 3.05) is 0 Å². The molecule has 0 aromatic heterocycles. The summed E-state index contributed by atoms with van der Waals surface area (Å²) in [4.78, 5) is 1.20. The Morgan fingerprint density at radius 1 is 1.36 bits per heavy atom.